The summed E-state index contributed by atoms with van der Waals surface area (Å²) in [5.41, 5.74) is 0. The summed E-state index contributed by atoms with van der Waals surface area (Å²) < 4.78 is 0. The molecule has 0 aliphatic carbocycles. The maximum absolute atomic E-state index is 3.55. The van der Waals surface area contributed by atoms with Crippen molar-refractivity contribution in [3.05, 3.63) is 0 Å². The molecule has 1 rings (SSSR count). The van der Waals surface area contributed by atoms with Gasteiger partial charge in [0.1, 0.15) is 0 Å². The highest BCUT2D eigenvalue weighted by molar-refractivity contribution is 4.78. The molecule has 1 heterocycles. The highest BCUT2D eigenvalue weighted by Crippen LogP contribution is 2.13. The summed E-state index contributed by atoms with van der Waals surface area (Å²) in [4.78, 5) is 2.74. The van der Waals surface area contributed by atoms with Gasteiger partial charge in [-0.05, 0) is 45.3 Å². The van der Waals surface area contributed by atoms with E-state index in [4.69, 9.17) is 0 Å². The number of nitrogens with zero attached hydrogens (tertiary/aromatic N) is 1. The summed E-state index contributed by atoms with van der Waals surface area (Å²) >= 11 is 0. The van der Waals surface area contributed by atoms with E-state index in [0.29, 0.717) is 0 Å². The molecule has 2 heteroatoms. The number of hydrogen-bond donors (Lipinski definition) is 1. The number of piperidine rings is 1. The molecular formula is C16H34N2. The van der Waals surface area contributed by atoms with E-state index in [1.165, 1.54) is 84.0 Å². The fourth-order valence-electron chi connectivity index (χ4n) is 3.00. The third kappa shape index (κ3) is 6.75. The maximum Gasteiger partial charge on any atom is 0.0221 e. The van der Waals surface area contributed by atoms with Crippen LogP contribution in [-0.2, 0) is 0 Å². The first kappa shape index (κ1) is 16.0. The lowest BCUT2D eigenvalue weighted by Gasteiger charge is -2.34. The van der Waals surface area contributed by atoms with E-state index in [0.717, 1.165) is 6.04 Å². The Morgan fingerprint density at radius 3 is 2.39 bits per heavy atom. The summed E-state index contributed by atoms with van der Waals surface area (Å²) in [5, 5.41) is 3.55. The zero-order valence-electron chi connectivity index (χ0n) is 12.7. The molecule has 0 amide bonds. The predicted molar refractivity (Wildman–Crippen MR) is 81.1 cm³/mol. The number of unbranched alkanes of at least 4 members (excludes halogenated alkanes) is 5. The zero-order valence-corrected chi connectivity index (χ0v) is 12.7. The smallest absolute Gasteiger partial charge is 0.0221 e. The quantitative estimate of drug-likeness (QED) is 0.596. The average molecular weight is 254 g/mol. The Kier molecular flexibility index (Phi) is 9.59. The second kappa shape index (κ2) is 10.8. The summed E-state index contributed by atoms with van der Waals surface area (Å²) in [6, 6.07) is 0.814. The molecule has 1 aliphatic heterocycles. The monoisotopic (exact) mass is 254 g/mol. The van der Waals surface area contributed by atoms with E-state index < -0.39 is 0 Å². The van der Waals surface area contributed by atoms with E-state index in [9.17, 15) is 0 Å². The van der Waals surface area contributed by atoms with Crippen molar-refractivity contribution in [3.8, 4) is 0 Å². The number of rotatable bonds is 10. The van der Waals surface area contributed by atoms with Gasteiger partial charge in [-0.1, -0.05) is 46.0 Å². The van der Waals surface area contributed by atoms with Gasteiger partial charge in [0.25, 0.3) is 0 Å². The first-order chi connectivity index (χ1) is 8.88. The number of hydrogen-bond acceptors (Lipinski definition) is 2. The fraction of sp³-hybridized carbons (Fsp3) is 1.00. The number of nitrogens with one attached hydrogen (secondary N) is 1. The van der Waals surface area contributed by atoms with E-state index in [1.54, 1.807) is 0 Å². The average Bonchev–Trinajstić information content (AvgIpc) is 2.42. The molecule has 0 aromatic heterocycles. The van der Waals surface area contributed by atoms with Gasteiger partial charge >= 0.3 is 0 Å². The van der Waals surface area contributed by atoms with Crippen LogP contribution in [0.25, 0.3) is 0 Å². The van der Waals surface area contributed by atoms with Crippen LogP contribution < -0.4 is 5.32 Å². The molecule has 1 saturated heterocycles. The Labute approximate surface area is 115 Å². The lowest BCUT2D eigenvalue weighted by molar-refractivity contribution is 0.162. The summed E-state index contributed by atoms with van der Waals surface area (Å²) in [6.07, 6.45) is 12.6. The van der Waals surface area contributed by atoms with Crippen molar-refractivity contribution < 1.29 is 0 Å². The van der Waals surface area contributed by atoms with Crippen LogP contribution in [0.4, 0.5) is 0 Å². The standard InChI is InChI=1S/C16H34N2/c1-3-5-6-7-8-9-14-18(13-4-2)16-11-10-12-17-15-16/h16-17H,3-15H2,1-2H3. The molecule has 1 N–H and O–H groups in total. The molecule has 0 radical (unpaired) electrons. The molecule has 108 valence electrons. The van der Waals surface area contributed by atoms with Crippen LogP contribution in [0, 0.1) is 0 Å². The van der Waals surface area contributed by atoms with Crippen molar-refractivity contribution in [3.63, 3.8) is 0 Å². The fourth-order valence-corrected chi connectivity index (χ4v) is 3.00. The highest BCUT2D eigenvalue weighted by Gasteiger charge is 2.19. The molecular weight excluding hydrogens is 220 g/mol. The van der Waals surface area contributed by atoms with E-state index in [1.807, 2.05) is 0 Å². The van der Waals surface area contributed by atoms with E-state index in [-0.39, 0.29) is 0 Å². The summed E-state index contributed by atoms with van der Waals surface area (Å²) in [6.45, 7) is 9.67. The van der Waals surface area contributed by atoms with Gasteiger partial charge in [0.2, 0.25) is 0 Å². The normalized spacial score (nSPS) is 20.5. The minimum atomic E-state index is 0.814. The third-order valence-corrected chi connectivity index (χ3v) is 4.10. The Hall–Kier alpha value is -0.0800. The van der Waals surface area contributed by atoms with E-state index >= 15 is 0 Å². The van der Waals surface area contributed by atoms with Crippen LogP contribution >= 0.6 is 0 Å². The first-order valence-electron chi connectivity index (χ1n) is 8.33. The van der Waals surface area contributed by atoms with Gasteiger partial charge in [-0.15, -0.1) is 0 Å². The van der Waals surface area contributed by atoms with Crippen molar-refractivity contribution in [2.24, 2.45) is 0 Å². The van der Waals surface area contributed by atoms with Crippen LogP contribution in [0.2, 0.25) is 0 Å². The molecule has 1 aliphatic rings. The van der Waals surface area contributed by atoms with Gasteiger partial charge in [0.05, 0.1) is 0 Å². The molecule has 0 spiro atoms. The van der Waals surface area contributed by atoms with Crippen molar-refractivity contribution in [1.82, 2.24) is 10.2 Å². The Morgan fingerprint density at radius 2 is 1.72 bits per heavy atom. The molecule has 1 fully saturated rings. The highest BCUT2D eigenvalue weighted by atomic mass is 15.2. The topological polar surface area (TPSA) is 15.3 Å². The lowest BCUT2D eigenvalue weighted by Crippen LogP contribution is -2.46. The predicted octanol–water partition coefficient (Wildman–Crippen LogP) is 3.81. The lowest BCUT2D eigenvalue weighted by atomic mass is 10.0. The van der Waals surface area contributed by atoms with Crippen molar-refractivity contribution >= 4 is 0 Å². The van der Waals surface area contributed by atoms with Gasteiger partial charge in [0, 0.05) is 12.6 Å². The van der Waals surface area contributed by atoms with Gasteiger partial charge in [-0.2, -0.15) is 0 Å². The Morgan fingerprint density at radius 1 is 0.944 bits per heavy atom. The van der Waals surface area contributed by atoms with Crippen molar-refractivity contribution in [2.45, 2.75) is 77.7 Å². The van der Waals surface area contributed by atoms with Crippen molar-refractivity contribution in [2.75, 3.05) is 26.2 Å². The van der Waals surface area contributed by atoms with E-state index in [2.05, 4.69) is 24.1 Å². The Balaban J connectivity index is 2.12. The van der Waals surface area contributed by atoms with Crippen LogP contribution in [-0.4, -0.2) is 37.1 Å². The molecule has 0 bridgehead atoms. The summed E-state index contributed by atoms with van der Waals surface area (Å²) in [7, 11) is 0. The molecule has 0 aromatic rings. The van der Waals surface area contributed by atoms with Crippen LogP contribution in [0.15, 0.2) is 0 Å². The first-order valence-corrected chi connectivity index (χ1v) is 8.33. The van der Waals surface area contributed by atoms with Crippen molar-refractivity contribution in [1.29, 1.82) is 0 Å². The minimum Gasteiger partial charge on any atom is -0.315 e. The van der Waals surface area contributed by atoms with Crippen LogP contribution in [0.5, 0.6) is 0 Å². The molecule has 0 saturated carbocycles. The largest absolute Gasteiger partial charge is 0.315 e. The van der Waals surface area contributed by atoms with Gasteiger partial charge in [-0.3, -0.25) is 4.90 Å². The molecule has 0 aromatic carbocycles. The summed E-state index contributed by atoms with van der Waals surface area (Å²) in [5.74, 6) is 0. The zero-order chi connectivity index (χ0) is 13.1. The van der Waals surface area contributed by atoms with Crippen LogP contribution in [0.3, 0.4) is 0 Å². The van der Waals surface area contributed by atoms with Gasteiger partial charge < -0.3 is 5.32 Å². The molecule has 1 atom stereocenters. The third-order valence-electron chi connectivity index (χ3n) is 4.10. The van der Waals surface area contributed by atoms with Crippen LogP contribution in [0.1, 0.15) is 71.6 Å². The second-order valence-electron chi connectivity index (χ2n) is 5.80. The van der Waals surface area contributed by atoms with Gasteiger partial charge in [-0.25, -0.2) is 0 Å². The Bertz CT molecular complexity index is 176. The SMILES string of the molecule is CCCCCCCCN(CCC)C1CCCNC1. The van der Waals surface area contributed by atoms with Gasteiger partial charge in [0.15, 0.2) is 0 Å². The minimum absolute atomic E-state index is 0.814. The maximum atomic E-state index is 3.55. The molecule has 18 heavy (non-hydrogen) atoms. The molecule has 2 nitrogen and oxygen atoms in total. The second-order valence-corrected chi connectivity index (χ2v) is 5.80. The molecule has 1 unspecified atom stereocenters.